The van der Waals surface area contributed by atoms with Gasteiger partial charge >= 0.3 is 0 Å². The molecule has 2 aliphatic carbocycles. The Morgan fingerprint density at radius 3 is 2.61 bits per heavy atom. The number of aryl methyl sites for hydroxylation is 1. The highest BCUT2D eigenvalue weighted by Gasteiger charge is 2.64. The summed E-state index contributed by atoms with van der Waals surface area (Å²) in [5, 5.41) is 15.3. The lowest BCUT2D eigenvalue weighted by Gasteiger charge is -2.29. The van der Waals surface area contributed by atoms with Gasteiger partial charge in [-0.2, -0.15) is 5.26 Å². The minimum Gasteiger partial charge on any atom is -0.494 e. The van der Waals surface area contributed by atoms with E-state index in [1.807, 2.05) is 55.5 Å². The molecular formula is C30H34N4O4. The number of amides is 3. The first-order valence-corrected chi connectivity index (χ1v) is 13.3. The van der Waals surface area contributed by atoms with Crippen molar-refractivity contribution in [3.63, 3.8) is 0 Å². The number of hydrogen-bond donors (Lipinski definition) is 2. The maximum absolute atomic E-state index is 13.5. The van der Waals surface area contributed by atoms with Gasteiger partial charge in [-0.25, -0.2) is 0 Å². The van der Waals surface area contributed by atoms with Crippen molar-refractivity contribution < 1.29 is 19.1 Å². The van der Waals surface area contributed by atoms with Crippen molar-refractivity contribution in [2.45, 2.75) is 70.0 Å². The molecule has 2 aromatic rings. The molecule has 5 rings (SSSR count). The summed E-state index contributed by atoms with van der Waals surface area (Å²) in [4.78, 5) is 40.7. The van der Waals surface area contributed by atoms with Crippen LogP contribution in [0.25, 0.3) is 0 Å². The van der Waals surface area contributed by atoms with Crippen LogP contribution in [0.5, 0.6) is 5.75 Å². The lowest BCUT2D eigenvalue weighted by atomic mass is 9.97. The van der Waals surface area contributed by atoms with Gasteiger partial charge in [0.15, 0.2) is 0 Å². The molecule has 3 atom stereocenters. The first-order valence-electron chi connectivity index (χ1n) is 13.3. The lowest BCUT2D eigenvalue weighted by Crippen LogP contribution is -2.52. The summed E-state index contributed by atoms with van der Waals surface area (Å²) in [7, 11) is 0. The van der Waals surface area contributed by atoms with Crippen molar-refractivity contribution in [1.29, 1.82) is 5.26 Å². The van der Waals surface area contributed by atoms with Crippen molar-refractivity contribution >= 4 is 17.7 Å². The normalized spacial score (nSPS) is 24.1. The number of nitrogens with one attached hydrogen (secondary N) is 2. The van der Waals surface area contributed by atoms with Crippen LogP contribution in [0.1, 0.15) is 62.1 Å². The molecule has 1 heterocycles. The highest BCUT2D eigenvalue weighted by atomic mass is 16.5. The number of para-hydroxylation sites is 1. The van der Waals surface area contributed by atoms with Crippen molar-refractivity contribution in [2.24, 2.45) is 5.41 Å². The number of rotatable bonds is 10. The van der Waals surface area contributed by atoms with Crippen LogP contribution in [0.3, 0.4) is 0 Å². The number of piperidine rings is 1. The van der Waals surface area contributed by atoms with Gasteiger partial charge in [-0.1, -0.05) is 31.2 Å². The molecule has 0 bridgehead atoms. The molecule has 2 saturated carbocycles. The SMILES string of the molecule is Cc1cc(C#N)cc(C2(NC(=O)[C@@H]3C[C@]4(C)C[C@@H]4N3C(=O)CNC(=O)CCCOc3ccccc3)CC2)c1. The Labute approximate surface area is 223 Å². The Balaban J connectivity index is 1.15. The van der Waals surface area contributed by atoms with E-state index in [2.05, 4.69) is 23.6 Å². The van der Waals surface area contributed by atoms with Crippen molar-refractivity contribution in [1.82, 2.24) is 15.5 Å². The van der Waals surface area contributed by atoms with Gasteiger partial charge in [-0.15, -0.1) is 0 Å². The lowest BCUT2D eigenvalue weighted by molar-refractivity contribution is -0.140. The van der Waals surface area contributed by atoms with E-state index in [1.165, 1.54) is 0 Å². The molecule has 2 aromatic carbocycles. The van der Waals surface area contributed by atoms with Gasteiger partial charge in [0, 0.05) is 12.5 Å². The number of hydrogen-bond acceptors (Lipinski definition) is 5. The predicted octanol–water partition coefficient (Wildman–Crippen LogP) is 3.33. The summed E-state index contributed by atoms with van der Waals surface area (Å²) < 4.78 is 5.62. The number of ether oxygens (including phenoxy) is 1. The van der Waals surface area contributed by atoms with Gasteiger partial charge in [0.05, 0.1) is 30.3 Å². The molecule has 8 nitrogen and oxygen atoms in total. The molecule has 38 heavy (non-hydrogen) atoms. The number of benzene rings is 2. The smallest absolute Gasteiger partial charge is 0.243 e. The zero-order valence-corrected chi connectivity index (χ0v) is 22.0. The average molecular weight is 515 g/mol. The third kappa shape index (κ3) is 5.38. The molecule has 0 unspecified atom stereocenters. The second-order valence-electron chi connectivity index (χ2n) is 11.2. The number of fused-ring (bicyclic) bond motifs is 1. The van der Waals surface area contributed by atoms with Gasteiger partial charge in [-0.05, 0) is 79.8 Å². The Hall–Kier alpha value is -3.86. The van der Waals surface area contributed by atoms with E-state index < -0.39 is 11.6 Å². The second kappa shape index (κ2) is 10.1. The van der Waals surface area contributed by atoms with Gasteiger partial charge in [0.2, 0.25) is 17.7 Å². The molecule has 0 spiro atoms. The maximum atomic E-state index is 13.5. The Bertz CT molecular complexity index is 1280. The van der Waals surface area contributed by atoms with Crippen LogP contribution in [-0.4, -0.2) is 47.9 Å². The summed E-state index contributed by atoms with van der Waals surface area (Å²) in [6, 6.07) is 16.8. The molecule has 1 saturated heterocycles. The van der Waals surface area contributed by atoms with E-state index in [-0.39, 0.29) is 42.1 Å². The topological polar surface area (TPSA) is 112 Å². The minimum absolute atomic E-state index is 0.0289. The Morgan fingerprint density at radius 2 is 1.89 bits per heavy atom. The minimum atomic E-state index is -0.555. The highest BCUT2D eigenvalue weighted by molar-refractivity contribution is 5.92. The summed E-state index contributed by atoms with van der Waals surface area (Å²) in [5.41, 5.74) is 1.97. The van der Waals surface area contributed by atoms with Crippen LogP contribution in [0, 0.1) is 23.7 Å². The molecule has 1 aliphatic heterocycles. The van der Waals surface area contributed by atoms with E-state index in [9.17, 15) is 19.6 Å². The van der Waals surface area contributed by atoms with Gasteiger partial charge < -0.3 is 20.3 Å². The number of carbonyl (C=O) groups is 3. The quantitative estimate of drug-likeness (QED) is 0.473. The van der Waals surface area contributed by atoms with Crippen LogP contribution in [0.15, 0.2) is 48.5 Å². The van der Waals surface area contributed by atoms with E-state index in [0.29, 0.717) is 25.0 Å². The molecule has 3 fully saturated rings. The fourth-order valence-electron chi connectivity index (χ4n) is 5.71. The Kier molecular flexibility index (Phi) is 6.87. The molecule has 3 amide bonds. The van der Waals surface area contributed by atoms with Crippen molar-refractivity contribution in [3.05, 3.63) is 65.2 Å². The molecule has 198 valence electrons. The number of nitrogens with zero attached hydrogens (tertiary/aromatic N) is 2. The summed E-state index contributed by atoms with van der Waals surface area (Å²) >= 11 is 0. The fraction of sp³-hybridized carbons (Fsp3) is 0.467. The van der Waals surface area contributed by atoms with E-state index >= 15 is 0 Å². The van der Waals surface area contributed by atoms with Crippen LogP contribution < -0.4 is 15.4 Å². The first-order chi connectivity index (χ1) is 18.2. The molecular weight excluding hydrogens is 480 g/mol. The van der Waals surface area contributed by atoms with E-state index in [4.69, 9.17) is 4.74 Å². The van der Waals surface area contributed by atoms with Crippen LogP contribution in [0.2, 0.25) is 0 Å². The summed E-state index contributed by atoms with van der Waals surface area (Å²) in [6.45, 7) is 4.35. The number of nitriles is 1. The van der Waals surface area contributed by atoms with Crippen LogP contribution in [0.4, 0.5) is 0 Å². The number of carbonyl (C=O) groups excluding carboxylic acids is 3. The fourth-order valence-corrected chi connectivity index (χ4v) is 5.71. The molecule has 8 heteroatoms. The molecule has 0 radical (unpaired) electrons. The predicted molar refractivity (Wildman–Crippen MR) is 141 cm³/mol. The van der Waals surface area contributed by atoms with Crippen LogP contribution >= 0.6 is 0 Å². The van der Waals surface area contributed by atoms with Crippen LogP contribution in [-0.2, 0) is 19.9 Å². The maximum Gasteiger partial charge on any atom is 0.243 e. The highest BCUT2D eigenvalue weighted by Crippen LogP contribution is 2.59. The van der Waals surface area contributed by atoms with Crippen molar-refractivity contribution in [3.8, 4) is 11.8 Å². The summed E-state index contributed by atoms with van der Waals surface area (Å²) in [6.07, 6.45) is 3.90. The van der Waals surface area contributed by atoms with Crippen molar-refractivity contribution in [2.75, 3.05) is 13.2 Å². The molecule has 3 aliphatic rings. The average Bonchev–Trinajstić information content (AvgIpc) is 3.81. The van der Waals surface area contributed by atoms with Gasteiger partial charge in [-0.3, -0.25) is 14.4 Å². The Morgan fingerprint density at radius 1 is 1.13 bits per heavy atom. The monoisotopic (exact) mass is 514 g/mol. The third-order valence-corrected chi connectivity index (χ3v) is 8.09. The zero-order valence-electron chi connectivity index (χ0n) is 22.0. The molecule has 0 aromatic heterocycles. The van der Waals surface area contributed by atoms with E-state index in [0.717, 1.165) is 36.1 Å². The van der Waals surface area contributed by atoms with E-state index in [1.54, 1.807) is 4.90 Å². The third-order valence-electron chi connectivity index (χ3n) is 8.09. The number of likely N-dealkylation sites (tertiary alicyclic amines) is 1. The van der Waals surface area contributed by atoms with Gasteiger partial charge in [0.25, 0.3) is 0 Å². The summed E-state index contributed by atoms with van der Waals surface area (Å²) in [5.74, 6) is 0.166. The largest absolute Gasteiger partial charge is 0.494 e. The zero-order chi connectivity index (χ0) is 26.9. The molecule has 2 N–H and O–H groups in total. The standard InChI is InChI=1S/C30H34N4O4/c1-20-13-21(18-31)15-22(14-20)30(10-11-30)33-28(37)24-16-29(2)17-25(29)34(24)27(36)19-32-26(35)9-6-12-38-23-7-4-3-5-8-23/h3-5,7-8,13-15,24-25H,6,9-12,16-17,19H2,1-2H3,(H,32,35)(H,33,37)/t24-,25-,29+/m0/s1. The second-order valence-corrected chi connectivity index (χ2v) is 11.2. The first kappa shape index (κ1) is 25.8. The van der Waals surface area contributed by atoms with Gasteiger partial charge in [0.1, 0.15) is 11.8 Å².